The maximum absolute atomic E-state index is 3.60. The Morgan fingerprint density at radius 2 is 2.00 bits per heavy atom. The third kappa shape index (κ3) is 3.22. The van der Waals surface area contributed by atoms with Gasteiger partial charge in [0.05, 0.1) is 0 Å². The van der Waals surface area contributed by atoms with E-state index < -0.39 is 0 Å². The molecule has 0 spiro atoms. The van der Waals surface area contributed by atoms with E-state index in [4.69, 9.17) is 0 Å². The van der Waals surface area contributed by atoms with Crippen LogP contribution in [0.4, 0.5) is 5.69 Å². The molecule has 1 aliphatic rings. The van der Waals surface area contributed by atoms with Gasteiger partial charge in [-0.15, -0.1) is 0 Å². The minimum atomic E-state index is 0.255. The van der Waals surface area contributed by atoms with Crippen molar-refractivity contribution in [1.29, 1.82) is 0 Å². The van der Waals surface area contributed by atoms with Crippen molar-refractivity contribution in [1.82, 2.24) is 5.32 Å². The molecule has 0 amide bonds. The number of benzene rings is 1. The second kappa shape index (κ2) is 4.76. The van der Waals surface area contributed by atoms with Crippen LogP contribution in [-0.2, 0) is 0 Å². The summed E-state index contributed by atoms with van der Waals surface area (Å²) in [5, 5.41) is 7.14. The molecule has 88 valence electrons. The molecule has 1 heterocycles. The minimum Gasteiger partial charge on any atom is -0.382 e. The van der Waals surface area contributed by atoms with Crippen molar-refractivity contribution in [2.75, 3.05) is 11.9 Å². The average molecular weight is 283 g/mol. The van der Waals surface area contributed by atoms with Crippen LogP contribution < -0.4 is 10.6 Å². The van der Waals surface area contributed by atoms with E-state index in [1.54, 1.807) is 0 Å². The molecule has 0 aromatic heterocycles. The van der Waals surface area contributed by atoms with Crippen molar-refractivity contribution in [2.45, 2.75) is 38.3 Å². The molecule has 0 aliphatic carbocycles. The molecule has 0 saturated carbocycles. The van der Waals surface area contributed by atoms with Gasteiger partial charge in [-0.2, -0.15) is 0 Å². The van der Waals surface area contributed by atoms with E-state index in [-0.39, 0.29) is 5.54 Å². The van der Waals surface area contributed by atoms with Crippen LogP contribution in [0.15, 0.2) is 28.7 Å². The van der Waals surface area contributed by atoms with E-state index in [2.05, 4.69) is 64.7 Å². The largest absolute Gasteiger partial charge is 0.382 e. The lowest BCUT2D eigenvalue weighted by atomic mass is 9.89. The zero-order chi connectivity index (χ0) is 11.6. The molecule has 1 saturated heterocycles. The summed E-state index contributed by atoms with van der Waals surface area (Å²) in [5.41, 5.74) is 1.47. The molecule has 1 aliphatic heterocycles. The van der Waals surface area contributed by atoms with Crippen LogP contribution in [0, 0.1) is 0 Å². The summed E-state index contributed by atoms with van der Waals surface area (Å²) in [6.07, 6.45) is 2.36. The van der Waals surface area contributed by atoms with Crippen LogP contribution in [0.3, 0.4) is 0 Å². The highest BCUT2D eigenvalue weighted by molar-refractivity contribution is 9.10. The molecule has 1 unspecified atom stereocenters. The zero-order valence-electron chi connectivity index (χ0n) is 9.89. The van der Waals surface area contributed by atoms with Gasteiger partial charge >= 0.3 is 0 Å². The summed E-state index contributed by atoms with van der Waals surface area (Å²) in [5.74, 6) is 0. The van der Waals surface area contributed by atoms with Crippen LogP contribution in [0.1, 0.15) is 26.7 Å². The highest BCUT2D eigenvalue weighted by Crippen LogP contribution is 2.22. The summed E-state index contributed by atoms with van der Waals surface area (Å²) in [6, 6.07) is 8.99. The molecule has 16 heavy (non-hydrogen) atoms. The minimum absolute atomic E-state index is 0.255. The van der Waals surface area contributed by atoms with Gasteiger partial charge in [-0.25, -0.2) is 0 Å². The Kier molecular flexibility index (Phi) is 3.55. The first-order valence-electron chi connectivity index (χ1n) is 5.82. The molecule has 0 radical (unpaired) electrons. The van der Waals surface area contributed by atoms with Gasteiger partial charge in [0.1, 0.15) is 0 Å². The molecular formula is C13H19BrN2. The molecule has 3 heteroatoms. The monoisotopic (exact) mass is 282 g/mol. The summed E-state index contributed by atoms with van der Waals surface area (Å²) >= 11 is 3.45. The lowest BCUT2D eigenvalue weighted by Gasteiger charge is -2.37. The first-order chi connectivity index (χ1) is 7.55. The van der Waals surface area contributed by atoms with Gasteiger partial charge in [-0.3, -0.25) is 0 Å². The first kappa shape index (κ1) is 11.9. The Balaban J connectivity index is 1.97. The van der Waals surface area contributed by atoms with Crippen LogP contribution in [0.2, 0.25) is 0 Å². The molecule has 1 aromatic rings. The Morgan fingerprint density at radius 3 is 2.62 bits per heavy atom. The predicted molar refractivity (Wildman–Crippen MR) is 72.9 cm³/mol. The Hall–Kier alpha value is -0.540. The number of hydrogen-bond acceptors (Lipinski definition) is 2. The van der Waals surface area contributed by atoms with Crippen molar-refractivity contribution in [3.63, 3.8) is 0 Å². The molecule has 1 atom stereocenters. The Morgan fingerprint density at radius 1 is 1.31 bits per heavy atom. The van der Waals surface area contributed by atoms with Gasteiger partial charge < -0.3 is 10.6 Å². The van der Waals surface area contributed by atoms with Gasteiger partial charge in [0.2, 0.25) is 0 Å². The molecule has 2 rings (SSSR count). The van der Waals surface area contributed by atoms with Crippen LogP contribution in [-0.4, -0.2) is 18.1 Å². The lowest BCUT2D eigenvalue weighted by Crippen LogP contribution is -2.49. The normalized spacial score (nSPS) is 24.1. The van der Waals surface area contributed by atoms with Gasteiger partial charge in [-0.05, 0) is 57.5 Å². The molecule has 2 N–H and O–H groups in total. The topological polar surface area (TPSA) is 24.1 Å². The fraction of sp³-hybridized carbons (Fsp3) is 0.538. The van der Waals surface area contributed by atoms with Crippen LogP contribution in [0.25, 0.3) is 0 Å². The van der Waals surface area contributed by atoms with Crippen LogP contribution >= 0.6 is 15.9 Å². The van der Waals surface area contributed by atoms with E-state index in [0.29, 0.717) is 6.04 Å². The molecule has 1 fully saturated rings. The van der Waals surface area contributed by atoms with Gasteiger partial charge in [0, 0.05) is 21.7 Å². The van der Waals surface area contributed by atoms with Crippen molar-refractivity contribution in [3.8, 4) is 0 Å². The second-order valence-electron chi connectivity index (χ2n) is 5.15. The number of hydrogen-bond donors (Lipinski definition) is 2. The Bertz CT molecular complexity index is 345. The van der Waals surface area contributed by atoms with E-state index in [1.807, 2.05) is 0 Å². The number of halogens is 1. The first-order valence-corrected chi connectivity index (χ1v) is 6.62. The van der Waals surface area contributed by atoms with Crippen molar-refractivity contribution < 1.29 is 0 Å². The molecular weight excluding hydrogens is 264 g/mol. The molecule has 0 bridgehead atoms. The van der Waals surface area contributed by atoms with E-state index in [0.717, 1.165) is 11.0 Å². The maximum Gasteiger partial charge on any atom is 0.0343 e. The fourth-order valence-electron chi connectivity index (χ4n) is 2.28. The van der Waals surface area contributed by atoms with Gasteiger partial charge in [0.15, 0.2) is 0 Å². The standard InChI is InChI=1S/C13H19BrN2/c1-13(2)9-12(7-8-15-13)16-11-5-3-10(14)4-6-11/h3-6,12,15-16H,7-9H2,1-2H3. The highest BCUT2D eigenvalue weighted by Gasteiger charge is 2.26. The number of nitrogens with one attached hydrogen (secondary N) is 2. The second-order valence-corrected chi connectivity index (χ2v) is 6.07. The van der Waals surface area contributed by atoms with E-state index in [9.17, 15) is 0 Å². The third-order valence-corrected chi connectivity index (χ3v) is 3.60. The predicted octanol–water partition coefficient (Wildman–Crippen LogP) is 3.39. The smallest absolute Gasteiger partial charge is 0.0343 e. The maximum atomic E-state index is 3.60. The summed E-state index contributed by atoms with van der Waals surface area (Å²) in [6.45, 7) is 5.63. The van der Waals surface area contributed by atoms with Crippen molar-refractivity contribution >= 4 is 21.6 Å². The fourth-order valence-corrected chi connectivity index (χ4v) is 2.54. The quantitative estimate of drug-likeness (QED) is 0.869. The van der Waals surface area contributed by atoms with Crippen molar-refractivity contribution in [3.05, 3.63) is 28.7 Å². The number of rotatable bonds is 2. The van der Waals surface area contributed by atoms with Gasteiger partial charge in [-0.1, -0.05) is 15.9 Å². The Labute approximate surface area is 106 Å². The van der Waals surface area contributed by atoms with E-state index in [1.165, 1.54) is 18.5 Å². The lowest BCUT2D eigenvalue weighted by molar-refractivity contribution is 0.286. The van der Waals surface area contributed by atoms with Crippen LogP contribution in [0.5, 0.6) is 0 Å². The molecule has 1 aromatic carbocycles. The summed E-state index contributed by atoms with van der Waals surface area (Å²) < 4.78 is 1.13. The third-order valence-electron chi connectivity index (χ3n) is 3.07. The molecule has 2 nitrogen and oxygen atoms in total. The number of piperidine rings is 1. The van der Waals surface area contributed by atoms with Gasteiger partial charge in [0.25, 0.3) is 0 Å². The average Bonchev–Trinajstić information content (AvgIpc) is 2.20. The number of anilines is 1. The summed E-state index contributed by atoms with van der Waals surface area (Å²) in [4.78, 5) is 0. The highest BCUT2D eigenvalue weighted by atomic mass is 79.9. The zero-order valence-corrected chi connectivity index (χ0v) is 11.5. The summed E-state index contributed by atoms with van der Waals surface area (Å²) in [7, 11) is 0. The SMILES string of the molecule is CC1(C)CC(Nc2ccc(Br)cc2)CCN1. The van der Waals surface area contributed by atoms with E-state index >= 15 is 0 Å². The van der Waals surface area contributed by atoms with Crippen molar-refractivity contribution in [2.24, 2.45) is 0 Å².